The predicted octanol–water partition coefficient (Wildman–Crippen LogP) is 2.96. The number of hydrogen-bond donors (Lipinski definition) is 0. The molecule has 0 aliphatic carbocycles. The number of hydrogen-bond acceptors (Lipinski definition) is 6. The summed E-state index contributed by atoms with van der Waals surface area (Å²) in [6, 6.07) is 0. The molecular formula is C20H31N3O3S. The Labute approximate surface area is 165 Å². The van der Waals surface area contributed by atoms with Crippen molar-refractivity contribution in [2.45, 2.75) is 44.6 Å². The van der Waals surface area contributed by atoms with Crippen molar-refractivity contribution in [3.63, 3.8) is 0 Å². The molecule has 0 radical (unpaired) electrons. The van der Waals surface area contributed by atoms with E-state index in [1.807, 2.05) is 4.90 Å². The van der Waals surface area contributed by atoms with Gasteiger partial charge in [-0.1, -0.05) is 0 Å². The van der Waals surface area contributed by atoms with Crippen LogP contribution >= 0.6 is 11.3 Å². The van der Waals surface area contributed by atoms with Gasteiger partial charge < -0.3 is 14.4 Å². The van der Waals surface area contributed by atoms with Crippen LogP contribution in [0.25, 0.3) is 0 Å². The molecule has 4 heterocycles. The number of rotatable bonds is 6. The van der Waals surface area contributed by atoms with E-state index >= 15 is 0 Å². The third-order valence-corrected chi connectivity index (χ3v) is 7.11. The zero-order chi connectivity index (χ0) is 18.5. The van der Waals surface area contributed by atoms with Crippen molar-refractivity contribution in [2.75, 3.05) is 52.5 Å². The fraction of sp³-hybridized carbons (Fsp3) is 0.800. The van der Waals surface area contributed by atoms with Crippen molar-refractivity contribution in [1.82, 2.24) is 14.8 Å². The van der Waals surface area contributed by atoms with Gasteiger partial charge in [-0.05, 0) is 51.0 Å². The van der Waals surface area contributed by atoms with Crippen LogP contribution in [0.5, 0.6) is 0 Å². The zero-order valence-electron chi connectivity index (χ0n) is 16.1. The summed E-state index contributed by atoms with van der Waals surface area (Å²) in [4.78, 5) is 22.5. The van der Waals surface area contributed by atoms with Gasteiger partial charge in [-0.2, -0.15) is 0 Å². The van der Waals surface area contributed by atoms with Crippen molar-refractivity contribution in [3.8, 4) is 0 Å². The van der Waals surface area contributed by atoms with Crippen LogP contribution in [0.1, 0.15) is 59.3 Å². The van der Waals surface area contributed by atoms with Gasteiger partial charge in [-0.25, -0.2) is 4.98 Å². The second kappa shape index (κ2) is 9.45. The lowest BCUT2D eigenvalue weighted by molar-refractivity contribution is 0.0361. The predicted molar refractivity (Wildman–Crippen MR) is 105 cm³/mol. The van der Waals surface area contributed by atoms with Crippen LogP contribution in [-0.2, 0) is 9.47 Å². The lowest BCUT2D eigenvalue weighted by Crippen LogP contribution is -2.39. The molecule has 0 spiro atoms. The molecule has 27 heavy (non-hydrogen) atoms. The molecule has 1 amide bonds. The fourth-order valence-electron chi connectivity index (χ4n) is 4.32. The molecule has 1 aromatic rings. The largest absolute Gasteiger partial charge is 0.379 e. The van der Waals surface area contributed by atoms with E-state index in [0.717, 1.165) is 87.5 Å². The van der Waals surface area contributed by atoms with Gasteiger partial charge in [-0.15, -0.1) is 11.3 Å². The molecule has 1 unspecified atom stereocenters. The van der Waals surface area contributed by atoms with E-state index in [0.29, 0.717) is 0 Å². The number of amides is 1. The smallest absolute Gasteiger partial charge is 0.265 e. The number of likely N-dealkylation sites (tertiary alicyclic amines) is 1. The molecule has 1 atom stereocenters. The third-order valence-electron chi connectivity index (χ3n) is 6.03. The Hall–Kier alpha value is -1.02. The summed E-state index contributed by atoms with van der Waals surface area (Å²) in [7, 11) is 0. The Kier molecular flexibility index (Phi) is 6.76. The van der Waals surface area contributed by atoms with Gasteiger partial charge in [0.15, 0.2) is 0 Å². The number of nitrogens with zero attached hydrogens (tertiary/aromatic N) is 3. The summed E-state index contributed by atoms with van der Waals surface area (Å²) in [6.45, 7) is 7.69. The summed E-state index contributed by atoms with van der Waals surface area (Å²) in [5.41, 5.74) is 0. The fourth-order valence-corrected chi connectivity index (χ4v) is 5.29. The lowest BCUT2D eigenvalue weighted by atomic mass is 9.92. The highest BCUT2D eigenvalue weighted by molar-refractivity contribution is 7.13. The van der Waals surface area contributed by atoms with E-state index < -0.39 is 0 Å². The summed E-state index contributed by atoms with van der Waals surface area (Å²) in [6.07, 6.45) is 8.77. The van der Waals surface area contributed by atoms with Gasteiger partial charge in [0.25, 0.3) is 5.91 Å². The number of aromatic nitrogens is 1. The summed E-state index contributed by atoms with van der Waals surface area (Å²) >= 11 is 1.52. The first-order valence-corrected chi connectivity index (χ1v) is 11.3. The molecule has 4 rings (SSSR count). The van der Waals surface area contributed by atoms with Crippen LogP contribution < -0.4 is 0 Å². The maximum absolute atomic E-state index is 12.8. The topological polar surface area (TPSA) is 54.9 Å². The molecule has 3 fully saturated rings. The minimum atomic E-state index is 0.105. The maximum Gasteiger partial charge on any atom is 0.265 e. The molecule has 0 bridgehead atoms. The van der Waals surface area contributed by atoms with E-state index in [4.69, 9.17) is 9.47 Å². The molecule has 0 N–H and O–H groups in total. The number of ether oxygens (including phenoxy) is 2. The third kappa shape index (κ3) is 5.08. The van der Waals surface area contributed by atoms with Gasteiger partial charge >= 0.3 is 0 Å². The summed E-state index contributed by atoms with van der Waals surface area (Å²) < 4.78 is 11.1. The second-order valence-corrected chi connectivity index (χ2v) is 8.96. The molecule has 1 aromatic heterocycles. The lowest BCUT2D eigenvalue weighted by Gasteiger charge is -2.32. The van der Waals surface area contributed by atoms with Crippen molar-refractivity contribution in [1.29, 1.82) is 0 Å². The monoisotopic (exact) mass is 393 g/mol. The number of piperidine rings is 1. The van der Waals surface area contributed by atoms with Gasteiger partial charge in [0.1, 0.15) is 16.0 Å². The second-order valence-electron chi connectivity index (χ2n) is 7.90. The first-order valence-electron chi connectivity index (χ1n) is 10.5. The van der Waals surface area contributed by atoms with Crippen LogP contribution in [-0.4, -0.2) is 73.2 Å². The molecule has 0 aromatic carbocycles. The molecule has 3 aliphatic heterocycles. The van der Waals surface area contributed by atoms with Gasteiger partial charge in [0.05, 0.1) is 19.4 Å². The Morgan fingerprint density at radius 3 is 2.70 bits per heavy atom. The van der Waals surface area contributed by atoms with E-state index in [1.165, 1.54) is 30.7 Å². The van der Waals surface area contributed by atoms with Crippen molar-refractivity contribution in [2.24, 2.45) is 5.92 Å². The van der Waals surface area contributed by atoms with E-state index in [1.54, 1.807) is 6.20 Å². The molecule has 0 saturated carbocycles. The molecular weight excluding hydrogens is 362 g/mol. The molecule has 7 heteroatoms. The van der Waals surface area contributed by atoms with Crippen molar-refractivity contribution >= 4 is 17.2 Å². The quantitative estimate of drug-likeness (QED) is 0.744. The number of thiazole rings is 1. The highest BCUT2D eigenvalue weighted by atomic mass is 32.1. The minimum absolute atomic E-state index is 0.105. The van der Waals surface area contributed by atoms with Crippen molar-refractivity contribution in [3.05, 3.63) is 16.1 Å². The first-order chi connectivity index (χ1) is 13.3. The Balaban J connectivity index is 1.19. The maximum atomic E-state index is 12.8. The average molecular weight is 394 g/mol. The molecule has 3 aliphatic rings. The van der Waals surface area contributed by atoms with E-state index in [9.17, 15) is 4.79 Å². The Morgan fingerprint density at radius 1 is 1.15 bits per heavy atom. The molecule has 6 nitrogen and oxygen atoms in total. The van der Waals surface area contributed by atoms with Gasteiger partial charge in [0.2, 0.25) is 0 Å². The number of carbonyl (C=O) groups excluding carboxylic acids is 1. The zero-order valence-corrected chi connectivity index (χ0v) is 16.9. The average Bonchev–Trinajstić information content (AvgIpc) is 3.41. The van der Waals surface area contributed by atoms with Crippen LogP contribution in [0.3, 0.4) is 0 Å². The standard InChI is InChI=1S/C20H31N3O3S/c24-20(18-15-21-19(27-18)17-4-2-12-26-17)23-8-5-16(6-9-23)3-1-7-22-10-13-25-14-11-22/h15-17H,1-14H2. The molecule has 150 valence electrons. The highest BCUT2D eigenvalue weighted by Gasteiger charge is 2.27. The minimum Gasteiger partial charge on any atom is -0.379 e. The van der Waals surface area contributed by atoms with E-state index in [2.05, 4.69) is 9.88 Å². The SMILES string of the molecule is O=C(c1cnc(C2CCCO2)s1)N1CCC(CCCN2CCOCC2)CC1. The Morgan fingerprint density at radius 2 is 1.96 bits per heavy atom. The normalized spacial score (nSPS) is 25.2. The van der Waals surface area contributed by atoms with Gasteiger partial charge in [-0.3, -0.25) is 9.69 Å². The van der Waals surface area contributed by atoms with E-state index in [-0.39, 0.29) is 12.0 Å². The summed E-state index contributed by atoms with van der Waals surface area (Å²) in [5, 5.41) is 0.967. The molecule has 3 saturated heterocycles. The van der Waals surface area contributed by atoms with Crippen molar-refractivity contribution < 1.29 is 14.3 Å². The highest BCUT2D eigenvalue weighted by Crippen LogP contribution is 2.32. The number of morpholine rings is 1. The van der Waals surface area contributed by atoms with Crippen LogP contribution in [0.4, 0.5) is 0 Å². The summed E-state index contributed by atoms with van der Waals surface area (Å²) in [5.74, 6) is 0.919. The van der Waals surface area contributed by atoms with Gasteiger partial charge in [0, 0.05) is 32.8 Å². The van der Waals surface area contributed by atoms with Crippen LogP contribution in [0.2, 0.25) is 0 Å². The van der Waals surface area contributed by atoms with Crippen LogP contribution in [0.15, 0.2) is 6.20 Å². The Bertz CT molecular complexity index is 603. The first kappa shape index (κ1) is 19.3. The number of carbonyl (C=O) groups is 1. The van der Waals surface area contributed by atoms with Crippen LogP contribution in [0, 0.1) is 5.92 Å².